The van der Waals surface area contributed by atoms with Gasteiger partial charge in [-0.3, -0.25) is 0 Å². The molecular formula is C17H24N6O2S2. The van der Waals surface area contributed by atoms with E-state index < -0.39 is 10.0 Å². The summed E-state index contributed by atoms with van der Waals surface area (Å²) in [7, 11) is -0.378. The molecule has 0 unspecified atom stereocenters. The van der Waals surface area contributed by atoms with Crippen LogP contribution in [0.2, 0.25) is 0 Å². The van der Waals surface area contributed by atoms with Crippen LogP contribution in [0.4, 0.5) is 5.13 Å². The minimum Gasteiger partial charge on any atom is -0.370 e. The van der Waals surface area contributed by atoms with Crippen molar-refractivity contribution in [2.75, 3.05) is 45.2 Å². The van der Waals surface area contributed by atoms with Gasteiger partial charge in [-0.25, -0.2) is 22.7 Å². The standard InChI is InChI=1S/C17H24N6O2S2/c1-21(2)27(24,25)15-5-3-14(4-6-15)13-20-16(18)22-8-10-23(11-9-22)17-19-7-12-26-17/h3-7,12H,8-11,13H2,1-2H3,(H2,18,20). The minimum atomic E-state index is -3.41. The number of hydrogen-bond acceptors (Lipinski definition) is 6. The Labute approximate surface area is 164 Å². The van der Waals surface area contributed by atoms with Crippen molar-refractivity contribution in [3.8, 4) is 0 Å². The maximum atomic E-state index is 12.1. The second-order valence-corrected chi connectivity index (χ2v) is 9.42. The largest absolute Gasteiger partial charge is 0.370 e. The normalized spacial score (nSPS) is 16.2. The Morgan fingerprint density at radius 1 is 1.22 bits per heavy atom. The van der Waals surface area contributed by atoms with Crippen LogP contribution in [-0.4, -0.2) is 68.8 Å². The maximum absolute atomic E-state index is 12.1. The summed E-state index contributed by atoms with van der Waals surface area (Å²) in [6.07, 6.45) is 1.82. The molecule has 2 aromatic rings. The molecule has 8 nitrogen and oxygen atoms in total. The summed E-state index contributed by atoms with van der Waals surface area (Å²) in [5.74, 6) is 0.513. The molecule has 0 radical (unpaired) electrons. The van der Waals surface area contributed by atoms with Crippen LogP contribution in [0.15, 0.2) is 45.7 Å². The molecule has 0 bridgehead atoms. The van der Waals surface area contributed by atoms with Crippen molar-refractivity contribution in [2.45, 2.75) is 11.4 Å². The molecular weight excluding hydrogens is 384 g/mol. The van der Waals surface area contributed by atoms with E-state index in [2.05, 4.69) is 19.8 Å². The monoisotopic (exact) mass is 408 g/mol. The Morgan fingerprint density at radius 3 is 2.44 bits per heavy atom. The van der Waals surface area contributed by atoms with E-state index in [1.807, 2.05) is 11.6 Å². The average molecular weight is 409 g/mol. The van der Waals surface area contributed by atoms with Gasteiger partial charge in [0.05, 0.1) is 11.4 Å². The second kappa shape index (κ2) is 8.24. The van der Waals surface area contributed by atoms with Gasteiger partial charge >= 0.3 is 0 Å². The van der Waals surface area contributed by atoms with Gasteiger partial charge in [0.1, 0.15) is 0 Å². The molecule has 10 heteroatoms. The fourth-order valence-electron chi connectivity index (χ4n) is 2.75. The molecule has 2 heterocycles. The quantitative estimate of drug-likeness (QED) is 0.587. The van der Waals surface area contributed by atoms with E-state index in [1.54, 1.807) is 35.6 Å². The summed E-state index contributed by atoms with van der Waals surface area (Å²) in [5.41, 5.74) is 7.06. The van der Waals surface area contributed by atoms with E-state index in [4.69, 9.17) is 5.73 Å². The van der Waals surface area contributed by atoms with Crippen LogP contribution in [0.25, 0.3) is 0 Å². The van der Waals surface area contributed by atoms with Crippen LogP contribution in [-0.2, 0) is 16.6 Å². The van der Waals surface area contributed by atoms with Gasteiger partial charge in [0, 0.05) is 51.9 Å². The highest BCUT2D eigenvalue weighted by molar-refractivity contribution is 7.89. The summed E-state index contributed by atoms with van der Waals surface area (Å²) < 4.78 is 25.4. The zero-order valence-corrected chi connectivity index (χ0v) is 17.1. The van der Waals surface area contributed by atoms with Gasteiger partial charge in [-0.15, -0.1) is 11.3 Å². The van der Waals surface area contributed by atoms with E-state index in [0.717, 1.165) is 36.9 Å². The van der Waals surface area contributed by atoms with Gasteiger partial charge in [-0.2, -0.15) is 0 Å². The van der Waals surface area contributed by atoms with Crippen LogP contribution in [0.5, 0.6) is 0 Å². The lowest BCUT2D eigenvalue weighted by Gasteiger charge is -2.35. The van der Waals surface area contributed by atoms with Crippen LogP contribution in [0.3, 0.4) is 0 Å². The molecule has 0 aliphatic carbocycles. The fraction of sp³-hybridized carbons (Fsp3) is 0.412. The van der Waals surface area contributed by atoms with E-state index >= 15 is 0 Å². The first-order valence-electron chi connectivity index (χ1n) is 8.58. The fourth-order valence-corrected chi connectivity index (χ4v) is 4.35. The number of rotatable bonds is 5. The van der Waals surface area contributed by atoms with Gasteiger partial charge in [0.2, 0.25) is 10.0 Å². The number of aliphatic imine (C=N–C) groups is 1. The number of nitrogens with two attached hydrogens (primary N) is 1. The number of aromatic nitrogens is 1. The number of sulfonamides is 1. The molecule has 3 rings (SSSR count). The lowest BCUT2D eigenvalue weighted by Crippen LogP contribution is -2.51. The highest BCUT2D eigenvalue weighted by Crippen LogP contribution is 2.19. The van der Waals surface area contributed by atoms with E-state index in [-0.39, 0.29) is 4.90 Å². The summed E-state index contributed by atoms with van der Waals surface area (Å²) in [5, 5.41) is 3.02. The van der Waals surface area contributed by atoms with E-state index in [0.29, 0.717) is 12.5 Å². The summed E-state index contributed by atoms with van der Waals surface area (Å²) in [6, 6.07) is 6.74. The summed E-state index contributed by atoms with van der Waals surface area (Å²) in [6.45, 7) is 3.74. The molecule has 0 amide bonds. The summed E-state index contributed by atoms with van der Waals surface area (Å²) in [4.78, 5) is 13.4. The zero-order chi connectivity index (χ0) is 19.4. The minimum absolute atomic E-state index is 0.270. The predicted octanol–water partition coefficient (Wildman–Crippen LogP) is 1.03. The highest BCUT2D eigenvalue weighted by Gasteiger charge is 2.20. The number of piperazine rings is 1. The van der Waals surface area contributed by atoms with E-state index in [9.17, 15) is 8.42 Å². The molecule has 0 spiro atoms. The van der Waals surface area contributed by atoms with Gasteiger partial charge in [-0.05, 0) is 17.7 Å². The maximum Gasteiger partial charge on any atom is 0.242 e. The van der Waals surface area contributed by atoms with Crippen LogP contribution in [0, 0.1) is 0 Å². The van der Waals surface area contributed by atoms with Gasteiger partial charge in [-0.1, -0.05) is 12.1 Å². The smallest absolute Gasteiger partial charge is 0.242 e. The SMILES string of the molecule is CN(C)S(=O)(=O)c1ccc(CN=C(N)N2CCN(c3nccs3)CC2)cc1. The lowest BCUT2D eigenvalue weighted by molar-refractivity contribution is 0.380. The van der Waals surface area contributed by atoms with E-state index in [1.165, 1.54) is 18.4 Å². The van der Waals surface area contributed by atoms with Gasteiger partial charge in [0.15, 0.2) is 11.1 Å². The Balaban J connectivity index is 1.56. The summed E-state index contributed by atoms with van der Waals surface area (Å²) >= 11 is 1.64. The molecule has 1 aromatic heterocycles. The molecule has 0 atom stereocenters. The lowest BCUT2D eigenvalue weighted by atomic mass is 10.2. The third kappa shape index (κ3) is 4.57. The first kappa shape index (κ1) is 19.6. The third-order valence-electron chi connectivity index (χ3n) is 4.42. The topological polar surface area (TPSA) is 95.1 Å². The highest BCUT2D eigenvalue weighted by atomic mass is 32.2. The van der Waals surface area contributed by atoms with Gasteiger partial charge < -0.3 is 15.5 Å². The van der Waals surface area contributed by atoms with Crippen LogP contribution in [0.1, 0.15) is 5.56 Å². The van der Waals surface area contributed by atoms with Crippen molar-refractivity contribution in [3.63, 3.8) is 0 Å². The zero-order valence-electron chi connectivity index (χ0n) is 15.4. The molecule has 146 valence electrons. The molecule has 1 aliphatic rings. The van der Waals surface area contributed by atoms with Crippen molar-refractivity contribution in [2.24, 2.45) is 10.7 Å². The number of benzene rings is 1. The molecule has 1 aliphatic heterocycles. The first-order valence-corrected chi connectivity index (χ1v) is 10.9. The molecule has 1 aromatic carbocycles. The Kier molecular flexibility index (Phi) is 5.98. The average Bonchev–Trinajstić information content (AvgIpc) is 3.21. The number of thiazole rings is 1. The molecule has 27 heavy (non-hydrogen) atoms. The van der Waals surface area contributed by atoms with Crippen LogP contribution >= 0.6 is 11.3 Å². The third-order valence-corrected chi connectivity index (χ3v) is 7.08. The van der Waals surface area contributed by atoms with Crippen molar-refractivity contribution in [1.29, 1.82) is 0 Å². The Bertz CT molecular complexity index is 871. The molecule has 0 saturated carbocycles. The molecule has 1 saturated heterocycles. The molecule has 1 fully saturated rings. The number of guanidine groups is 1. The predicted molar refractivity (Wildman–Crippen MR) is 109 cm³/mol. The number of hydrogen-bond donors (Lipinski definition) is 1. The second-order valence-electron chi connectivity index (χ2n) is 6.39. The Hall–Kier alpha value is -2.17. The number of anilines is 1. The Morgan fingerprint density at radius 2 is 1.89 bits per heavy atom. The van der Waals surface area contributed by atoms with Crippen molar-refractivity contribution in [3.05, 3.63) is 41.4 Å². The van der Waals surface area contributed by atoms with Crippen molar-refractivity contribution >= 4 is 32.5 Å². The van der Waals surface area contributed by atoms with Crippen molar-refractivity contribution < 1.29 is 8.42 Å². The van der Waals surface area contributed by atoms with Crippen LogP contribution < -0.4 is 10.6 Å². The number of nitrogens with zero attached hydrogens (tertiary/aromatic N) is 5. The van der Waals surface area contributed by atoms with Gasteiger partial charge in [0.25, 0.3) is 0 Å². The molecule has 2 N–H and O–H groups in total. The van der Waals surface area contributed by atoms with Crippen molar-refractivity contribution in [1.82, 2.24) is 14.2 Å². The first-order chi connectivity index (χ1) is 12.9.